The number of nitriles is 1. The molecule has 9 heteroatoms. The van der Waals surface area contributed by atoms with Gasteiger partial charge in [0, 0.05) is 49.8 Å². The number of amides is 1. The van der Waals surface area contributed by atoms with Gasteiger partial charge in [-0.3, -0.25) is 4.79 Å². The molecule has 2 N–H and O–H groups in total. The summed E-state index contributed by atoms with van der Waals surface area (Å²) in [5.74, 6) is 0.360. The van der Waals surface area contributed by atoms with E-state index in [9.17, 15) is 15.2 Å². The molecule has 0 bridgehead atoms. The normalized spacial score (nSPS) is 21.6. The van der Waals surface area contributed by atoms with Crippen LogP contribution in [0.1, 0.15) is 71.9 Å². The van der Waals surface area contributed by atoms with Gasteiger partial charge in [0.2, 0.25) is 11.9 Å². The standard InChI is InChI=1S/C29H41FN6O2/c1-8-9-23-18-35(17-20(3)29(23,7)30)27-32-16-22(15-31)26(34-27)33-24-11-10-19(2)25(14-24)36(21(4)37)13-12-28(5,6)38/h10-11,14,16,20,23,38H,8-9,12-13,17-18H2,1-7H3,(H,32,33,34). The lowest BCUT2D eigenvalue weighted by Crippen LogP contribution is -2.53. The lowest BCUT2D eigenvalue weighted by atomic mass is 9.75. The van der Waals surface area contributed by atoms with Gasteiger partial charge in [-0.15, -0.1) is 0 Å². The largest absolute Gasteiger partial charge is 0.390 e. The zero-order valence-corrected chi connectivity index (χ0v) is 23.7. The first-order valence-corrected chi connectivity index (χ1v) is 13.4. The summed E-state index contributed by atoms with van der Waals surface area (Å²) >= 11 is 0. The maximum atomic E-state index is 15.4. The number of aromatic nitrogens is 2. The molecule has 0 saturated carbocycles. The van der Waals surface area contributed by atoms with Crippen LogP contribution in [-0.2, 0) is 4.79 Å². The molecule has 38 heavy (non-hydrogen) atoms. The predicted molar refractivity (Wildman–Crippen MR) is 149 cm³/mol. The van der Waals surface area contributed by atoms with Crippen LogP contribution in [0.5, 0.6) is 0 Å². The number of aliphatic hydroxyl groups is 1. The molecule has 2 aromatic rings. The lowest BCUT2D eigenvalue weighted by molar-refractivity contribution is -0.116. The number of halogens is 1. The first kappa shape index (κ1) is 29.3. The van der Waals surface area contributed by atoms with Crippen LogP contribution < -0.4 is 15.1 Å². The van der Waals surface area contributed by atoms with Crippen molar-refractivity contribution in [1.82, 2.24) is 9.97 Å². The van der Waals surface area contributed by atoms with Crippen molar-refractivity contribution in [3.63, 3.8) is 0 Å². The van der Waals surface area contributed by atoms with Gasteiger partial charge in [0.15, 0.2) is 5.82 Å². The van der Waals surface area contributed by atoms with Crippen LogP contribution in [0.15, 0.2) is 24.4 Å². The number of piperidine rings is 1. The zero-order chi connectivity index (χ0) is 28.3. The third-order valence-corrected chi connectivity index (χ3v) is 7.60. The van der Waals surface area contributed by atoms with E-state index in [1.165, 1.54) is 13.1 Å². The van der Waals surface area contributed by atoms with Crippen LogP contribution in [0.4, 0.5) is 27.5 Å². The minimum Gasteiger partial charge on any atom is -0.390 e. The van der Waals surface area contributed by atoms with Gasteiger partial charge in [-0.25, -0.2) is 9.37 Å². The van der Waals surface area contributed by atoms with Crippen LogP contribution in [0.2, 0.25) is 0 Å². The van der Waals surface area contributed by atoms with Crippen molar-refractivity contribution in [3.05, 3.63) is 35.5 Å². The number of carbonyl (C=O) groups is 1. The molecule has 1 fully saturated rings. The third-order valence-electron chi connectivity index (χ3n) is 7.60. The van der Waals surface area contributed by atoms with Gasteiger partial charge in [-0.2, -0.15) is 10.2 Å². The molecule has 1 aliphatic rings. The Hall–Kier alpha value is -3.25. The van der Waals surface area contributed by atoms with Gasteiger partial charge in [0.05, 0.1) is 11.8 Å². The maximum absolute atomic E-state index is 15.4. The molecule has 1 aromatic heterocycles. The molecule has 1 aliphatic heterocycles. The van der Waals surface area contributed by atoms with Crippen molar-refractivity contribution >= 4 is 29.0 Å². The minimum atomic E-state index is -1.26. The van der Waals surface area contributed by atoms with E-state index in [2.05, 4.69) is 28.3 Å². The smallest absolute Gasteiger partial charge is 0.227 e. The second-order valence-electron chi connectivity index (χ2n) is 11.3. The fourth-order valence-corrected chi connectivity index (χ4v) is 4.97. The van der Waals surface area contributed by atoms with E-state index in [4.69, 9.17) is 0 Å². The van der Waals surface area contributed by atoms with E-state index in [1.807, 2.05) is 36.9 Å². The number of aryl methyl sites for hydroxylation is 1. The van der Waals surface area contributed by atoms with Crippen LogP contribution in [0.25, 0.3) is 0 Å². The van der Waals surface area contributed by atoms with Crippen molar-refractivity contribution < 1.29 is 14.3 Å². The van der Waals surface area contributed by atoms with Crippen molar-refractivity contribution in [2.75, 3.05) is 34.8 Å². The van der Waals surface area contributed by atoms with E-state index in [-0.39, 0.29) is 23.3 Å². The molecule has 0 aliphatic carbocycles. The highest BCUT2D eigenvalue weighted by Gasteiger charge is 2.45. The summed E-state index contributed by atoms with van der Waals surface area (Å²) < 4.78 is 15.4. The molecular weight excluding hydrogens is 483 g/mol. The van der Waals surface area contributed by atoms with Crippen LogP contribution in [-0.4, -0.2) is 51.9 Å². The highest BCUT2D eigenvalue weighted by molar-refractivity contribution is 5.93. The van der Waals surface area contributed by atoms with Crippen LogP contribution in [0.3, 0.4) is 0 Å². The zero-order valence-electron chi connectivity index (χ0n) is 23.7. The first-order valence-electron chi connectivity index (χ1n) is 13.4. The van der Waals surface area contributed by atoms with Gasteiger partial charge >= 0.3 is 0 Å². The van der Waals surface area contributed by atoms with Crippen molar-refractivity contribution in [2.45, 2.75) is 79.0 Å². The summed E-state index contributed by atoms with van der Waals surface area (Å²) in [6.07, 6.45) is 3.59. The molecule has 3 unspecified atom stereocenters. The number of nitrogens with zero attached hydrogens (tertiary/aromatic N) is 5. The Morgan fingerprint density at radius 2 is 2.11 bits per heavy atom. The number of hydrogen-bond acceptors (Lipinski definition) is 7. The molecule has 1 aromatic carbocycles. The van der Waals surface area contributed by atoms with Gasteiger partial charge < -0.3 is 20.2 Å². The van der Waals surface area contributed by atoms with E-state index >= 15 is 4.39 Å². The number of rotatable bonds is 9. The summed E-state index contributed by atoms with van der Waals surface area (Å²) in [6, 6.07) is 7.75. The van der Waals surface area contributed by atoms with E-state index < -0.39 is 11.3 Å². The van der Waals surface area contributed by atoms with Crippen molar-refractivity contribution in [3.8, 4) is 6.07 Å². The van der Waals surface area contributed by atoms with Gasteiger partial charge in [-0.05, 0) is 58.2 Å². The molecule has 3 rings (SSSR count). The highest BCUT2D eigenvalue weighted by Crippen LogP contribution is 2.39. The van der Waals surface area contributed by atoms with Crippen molar-refractivity contribution in [2.24, 2.45) is 11.8 Å². The number of hydrogen-bond donors (Lipinski definition) is 2. The molecule has 206 valence electrons. The molecular formula is C29H41FN6O2. The molecule has 8 nitrogen and oxygen atoms in total. The molecule has 1 amide bonds. The van der Waals surface area contributed by atoms with E-state index in [1.54, 1.807) is 25.7 Å². The molecule has 1 saturated heterocycles. The first-order chi connectivity index (χ1) is 17.8. The van der Waals surface area contributed by atoms with Crippen LogP contribution in [0, 0.1) is 30.1 Å². The molecule has 0 radical (unpaired) electrons. The summed E-state index contributed by atoms with van der Waals surface area (Å²) in [7, 11) is 0. The lowest BCUT2D eigenvalue weighted by Gasteiger charge is -2.45. The fourth-order valence-electron chi connectivity index (χ4n) is 4.97. The summed E-state index contributed by atoms with van der Waals surface area (Å²) in [4.78, 5) is 25.2. The maximum Gasteiger partial charge on any atom is 0.227 e. The Morgan fingerprint density at radius 1 is 1.39 bits per heavy atom. The quantitative estimate of drug-likeness (QED) is 0.445. The number of benzene rings is 1. The van der Waals surface area contributed by atoms with Gasteiger partial charge in [0.1, 0.15) is 17.3 Å². The average molecular weight is 525 g/mol. The fraction of sp³-hybridized carbons (Fsp3) is 0.586. The Kier molecular flexibility index (Phi) is 8.98. The topological polar surface area (TPSA) is 105 Å². The minimum absolute atomic E-state index is 0.128. The molecule has 0 spiro atoms. The highest BCUT2D eigenvalue weighted by atomic mass is 19.1. The number of alkyl halides is 1. The molecule has 2 heterocycles. The average Bonchev–Trinajstić information content (AvgIpc) is 2.83. The number of carbonyl (C=O) groups excluding carboxylic acids is 1. The summed E-state index contributed by atoms with van der Waals surface area (Å²) in [5, 5.41) is 23.1. The van der Waals surface area contributed by atoms with Gasteiger partial charge in [-0.1, -0.05) is 26.3 Å². The summed E-state index contributed by atoms with van der Waals surface area (Å²) in [5.41, 5.74) is 0.406. The number of anilines is 4. The monoisotopic (exact) mass is 524 g/mol. The second kappa shape index (κ2) is 11.6. The third kappa shape index (κ3) is 6.79. The van der Waals surface area contributed by atoms with E-state index in [0.29, 0.717) is 49.2 Å². The SMILES string of the molecule is CCCC1CN(c2ncc(C#N)c(Nc3ccc(C)c(N(CCC(C)(C)O)C(C)=O)c3)n2)CC(C)C1(C)F. The molecule has 3 atom stereocenters. The van der Waals surface area contributed by atoms with Crippen molar-refractivity contribution in [1.29, 1.82) is 5.26 Å². The number of nitrogens with one attached hydrogen (secondary N) is 1. The Bertz CT molecular complexity index is 1190. The predicted octanol–water partition coefficient (Wildman–Crippen LogP) is 5.51. The van der Waals surface area contributed by atoms with Crippen LogP contribution >= 0.6 is 0 Å². The van der Waals surface area contributed by atoms with Gasteiger partial charge in [0.25, 0.3) is 0 Å². The summed E-state index contributed by atoms with van der Waals surface area (Å²) in [6.45, 7) is 13.9. The second-order valence-corrected chi connectivity index (χ2v) is 11.3. The Balaban J connectivity index is 1.91. The Labute approximate surface area is 225 Å². The Morgan fingerprint density at radius 3 is 2.71 bits per heavy atom. The van der Waals surface area contributed by atoms with E-state index in [0.717, 1.165) is 18.4 Å².